The number of hydrogen-bond acceptors (Lipinski definition) is 4. The van der Waals surface area contributed by atoms with Crippen molar-refractivity contribution >= 4 is 8.32 Å². The molecule has 0 atom stereocenters. The minimum absolute atomic E-state index is 0.273. The van der Waals surface area contributed by atoms with Crippen LogP contribution in [0.25, 0.3) is 0 Å². The van der Waals surface area contributed by atoms with Crippen LogP contribution in [0.5, 0.6) is 0 Å². The zero-order chi connectivity index (χ0) is 20.2. The monoisotopic (exact) mass is 387 g/mol. The lowest BCUT2D eigenvalue weighted by atomic mass is 9.87. The summed E-state index contributed by atoms with van der Waals surface area (Å²) in [6, 6.07) is 1.23. The predicted octanol–water partition coefficient (Wildman–Crippen LogP) is 4.24. The Kier molecular flexibility index (Phi) is 13.3. The minimum atomic E-state index is -1.70. The fraction of sp³-hybridized carbons (Fsp3) is 1.00. The van der Waals surface area contributed by atoms with E-state index in [9.17, 15) is 0 Å². The smallest absolute Gasteiger partial charge is 0.187 e. The molecular weight excluding hydrogens is 338 g/mol. The van der Waals surface area contributed by atoms with Crippen LogP contribution in [0.4, 0.5) is 0 Å². The number of hydrogen-bond donors (Lipinski definition) is 0. The molecule has 0 saturated carbocycles. The van der Waals surface area contributed by atoms with Crippen LogP contribution in [0, 0.1) is 5.41 Å². The summed E-state index contributed by atoms with van der Waals surface area (Å²) in [5.41, 5.74) is 0.273. The average molecular weight is 388 g/mol. The highest BCUT2D eigenvalue weighted by Crippen LogP contribution is 2.34. The van der Waals surface area contributed by atoms with Gasteiger partial charge in [0.05, 0.1) is 0 Å². The Morgan fingerprint density at radius 1 is 0.615 bits per heavy atom. The van der Waals surface area contributed by atoms with Crippen LogP contribution in [-0.4, -0.2) is 88.5 Å². The van der Waals surface area contributed by atoms with Crippen molar-refractivity contribution in [2.45, 2.75) is 67.6 Å². The molecule has 0 unspecified atom stereocenters. The van der Waals surface area contributed by atoms with E-state index in [0.717, 1.165) is 45.9 Å². The fourth-order valence-corrected chi connectivity index (χ4v) is 7.45. The van der Waals surface area contributed by atoms with Crippen molar-refractivity contribution in [3.05, 3.63) is 0 Å². The second-order valence-electron chi connectivity index (χ2n) is 8.25. The normalized spacial score (nSPS) is 13.4. The van der Waals surface area contributed by atoms with Gasteiger partial charge in [0.1, 0.15) is 0 Å². The third kappa shape index (κ3) is 9.31. The Bertz CT molecular complexity index is 304. The van der Waals surface area contributed by atoms with E-state index in [-0.39, 0.29) is 5.41 Å². The second kappa shape index (κ2) is 13.3. The lowest BCUT2D eigenvalue weighted by molar-refractivity contribution is 0.0722. The van der Waals surface area contributed by atoms with Gasteiger partial charge in [-0.1, -0.05) is 41.5 Å². The van der Waals surface area contributed by atoms with Crippen LogP contribution < -0.4 is 0 Å². The zero-order valence-electron chi connectivity index (χ0n) is 19.5. The number of rotatable bonds is 16. The SMILES string of the molecule is CCO[Si](C)(C)CC(CN(CC)CC)(CN(CC)CC)CN(CC)CC. The summed E-state index contributed by atoms with van der Waals surface area (Å²) in [5.74, 6) is 0. The molecule has 0 saturated heterocycles. The molecule has 4 nitrogen and oxygen atoms in total. The Labute approximate surface area is 166 Å². The molecule has 158 valence electrons. The van der Waals surface area contributed by atoms with Crippen LogP contribution in [0.3, 0.4) is 0 Å². The first-order valence-electron chi connectivity index (χ1n) is 11.1. The quantitative estimate of drug-likeness (QED) is 0.369. The average Bonchev–Trinajstić information content (AvgIpc) is 2.61. The molecule has 0 aromatic rings. The highest BCUT2D eigenvalue weighted by molar-refractivity contribution is 6.71. The summed E-state index contributed by atoms with van der Waals surface area (Å²) in [6.45, 7) is 31.9. The summed E-state index contributed by atoms with van der Waals surface area (Å²) >= 11 is 0. The lowest BCUT2D eigenvalue weighted by Crippen LogP contribution is -2.55. The van der Waals surface area contributed by atoms with Gasteiger partial charge >= 0.3 is 0 Å². The molecule has 0 aromatic carbocycles. The van der Waals surface area contributed by atoms with Crippen LogP contribution in [0.2, 0.25) is 19.1 Å². The molecule has 0 N–H and O–H groups in total. The molecule has 0 fully saturated rings. The van der Waals surface area contributed by atoms with Gasteiger partial charge in [-0.2, -0.15) is 0 Å². The van der Waals surface area contributed by atoms with Crippen molar-refractivity contribution in [3.63, 3.8) is 0 Å². The van der Waals surface area contributed by atoms with Crippen molar-refractivity contribution in [1.82, 2.24) is 14.7 Å². The molecule has 0 aliphatic carbocycles. The van der Waals surface area contributed by atoms with Gasteiger partial charge in [0, 0.05) is 31.7 Å². The van der Waals surface area contributed by atoms with E-state index in [1.165, 1.54) is 25.7 Å². The van der Waals surface area contributed by atoms with Crippen molar-refractivity contribution in [3.8, 4) is 0 Å². The predicted molar refractivity (Wildman–Crippen MR) is 120 cm³/mol. The third-order valence-corrected chi connectivity index (χ3v) is 8.37. The lowest BCUT2D eigenvalue weighted by Gasteiger charge is -2.46. The first-order chi connectivity index (χ1) is 12.2. The fourth-order valence-electron chi connectivity index (χ4n) is 4.43. The van der Waals surface area contributed by atoms with Gasteiger partial charge < -0.3 is 19.1 Å². The van der Waals surface area contributed by atoms with E-state index in [1.807, 2.05) is 0 Å². The Morgan fingerprint density at radius 3 is 1.15 bits per heavy atom. The maximum Gasteiger partial charge on any atom is 0.187 e. The van der Waals surface area contributed by atoms with Gasteiger partial charge in [0.2, 0.25) is 0 Å². The molecule has 0 heterocycles. The van der Waals surface area contributed by atoms with E-state index in [0.29, 0.717) is 0 Å². The van der Waals surface area contributed by atoms with Crippen LogP contribution in [0.15, 0.2) is 0 Å². The Balaban J connectivity index is 5.84. The first kappa shape index (κ1) is 26.1. The van der Waals surface area contributed by atoms with Gasteiger partial charge in [0.15, 0.2) is 8.32 Å². The second-order valence-corrected chi connectivity index (χ2v) is 12.4. The highest BCUT2D eigenvalue weighted by atomic mass is 28.4. The molecule has 0 aliphatic heterocycles. The van der Waals surface area contributed by atoms with Crippen molar-refractivity contribution < 1.29 is 4.43 Å². The molecule has 0 aromatic heterocycles. The largest absolute Gasteiger partial charge is 0.418 e. The molecule has 0 radical (unpaired) electrons. The van der Waals surface area contributed by atoms with Crippen molar-refractivity contribution in [1.29, 1.82) is 0 Å². The van der Waals surface area contributed by atoms with Gasteiger partial charge in [-0.05, 0) is 65.3 Å². The molecule has 0 rings (SSSR count). The summed E-state index contributed by atoms with van der Waals surface area (Å²) in [7, 11) is -1.70. The molecule has 5 heteroatoms. The van der Waals surface area contributed by atoms with Gasteiger partial charge in [-0.3, -0.25) is 0 Å². The molecular formula is C21H49N3OSi. The van der Waals surface area contributed by atoms with E-state index in [2.05, 4.69) is 76.3 Å². The topological polar surface area (TPSA) is 19.0 Å². The summed E-state index contributed by atoms with van der Waals surface area (Å²) in [4.78, 5) is 7.89. The summed E-state index contributed by atoms with van der Waals surface area (Å²) in [6.07, 6.45) is 0. The van der Waals surface area contributed by atoms with E-state index in [1.54, 1.807) is 0 Å². The van der Waals surface area contributed by atoms with E-state index >= 15 is 0 Å². The molecule has 26 heavy (non-hydrogen) atoms. The Hall–Kier alpha value is 0.0569. The van der Waals surface area contributed by atoms with Crippen LogP contribution >= 0.6 is 0 Å². The maximum atomic E-state index is 6.31. The maximum absolute atomic E-state index is 6.31. The molecule has 0 spiro atoms. The van der Waals surface area contributed by atoms with Crippen molar-refractivity contribution in [2.24, 2.45) is 5.41 Å². The van der Waals surface area contributed by atoms with Crippen LogP contribution in [0.1, 0.15) is 48.5 Å². The van der Waals surface area contributed by atoms with Gasteiger partial charge in [-0.25, -0.2) is 0 Å². The first-order valence-corrected chi connectivity index (χ1v) is 14.2. The minimum Gasteiger partial charge on any atom is -0.418 e. The highest BCUT2D eigenvalue weighted by Gasteiger charge is 2.41. The van der Waals surface area contributed by atoms with E-state index in [4.69, 9.17) is 4.43 Å². The molecule has 0 amide bonds. The van der Waals surface area contributed by atoms with Gasteiger partial charge in [0.25, 0.3) is 0 Å². The molecule has 0 aliphatic rings. The van der Waals surface area contributed by atoms with E-state index < -0.39 is 8.32 Å². The number of nitrogens with zero attached hydrogens (tertiary/aromatic N) is 3. The van der Waals surface area contributed by atoms with Crippen LogP contribution in [-0.2, 0) is 4.43 Å². The third-order valence-electron chi connectivity index (χ3n) is 5.70. The zero-order valence-corrected chi connectivity index (χ0v) is 20.5. The van der Waals surface area contributed by atoms with Gasteiger partial charge in [-0.15, -0.1) is 0 Å². The summed E-state index contributed by atoms with van der Waals surface area (Å²) < 4.78 is 6.31. The van der Waals surface area contributed by atoms with Crippen molar-refractivity contribution in [2.75, 3.05) is 65.5 Å². The molecule has 0 bridgehead atoms. The standard InChI is InChI=1S/C21H49N3OSi/c1-10-22(11-2)17-21(18-23(12-3)13-4,19-24(14-5)15-6)20-26(8,9)25-16-7/h10-20H2,1-9H3. The summed E-state index contributed by atoms with van der Waals surface area (Å²) in [5, 5.41) is 0. The Morgan fingerprint density at radius 2 is 0.923 bits per heavy atom.